The average Bonchev–Trinajstić information content (AvgIpc) is 2.70. The predicted molar refractivity (Wildman–Crippen MR) is 77.7 cm³/mol. The summed E-state index contributed by atoms with van der Waals surface area (Å²) >= 11 is 6.15. The summed E-state index contributed by atoms with van der Waals surface area (Å²) in [4.78, 5) is 0. The molecule has 1 N–H and O–H groups in total. The summed E-state index contributed by atoms with van der Waals surface area (Å²) in [5.74, 6) is -0.0311. The van der Waals surface area contributed by atoms with Crippen LogP contribution in [-0.2, 0) is 13.7 Å². The van der Waals surface area contributed by atoms with Crippen LogP contribution in [0.2, 0.25) is 5.02 Å². The second kappa shape index (κ2) is 6.13. The fourth-order valence-electron chi connectivity index (χ4n) is 1.95. The van der Waals surface area contributed by atoms with E-state index in [-0.39, 0.29) is 12.3 Å². The lowest BCUT2D eigenvalue weighted by molar-refractivity contribution is 0.292. The van der Waals surface area contributed by atoms with Crippen LogP contribution in [0.3, 0.4) is 0 Å². The third-order valence-corrected chi connectivity index (χ3v) is 3.60. The van der Waals surface area contributed by atoms with Crippen molar-refractivity contribution in [3.05, 3.63) is 46.0 Å². The Kier molecular flexibility index (Phi) is 4.47. The lowest BCUT2D eigenvalue weighted by Gasteiger charge is -2.11. The Morgan fingerprint density at radius 2 is 2.24 bits per heavy atom. The molecule has 0 saturated carbocycles. The van der Waals surface area contributed by atoms with Crippen molar-refractivity contribution < 1.29 is 14.3 Å². The number of hydrogen-bond donors (Lipinski definition) is 1. The highest BCUT2D eigenvalue weighted by Gasteiger charge is 2.14. The van der Waals surface area contributed by atoms with E-state index in [9.17, 15) is 4.39 Å². The van der Waals surface area contributed by atoms with Crippen LogP contribution < -0.4 is 4.74 Å². The molecule has 0 saturated heterocycles. The molecule has 1 aromatic carbocycles. The van der Waals surface area contributed by atoms with Gasteiger partial charge >= 0.3 is 0 Å². The van der Waals surface area contributed by atoms with Gasteiger partial charge in [0, 0.05) is 12.6 Å². The van der Waals surface area contributed by atoms with Crippen molar-refractivity contribution in [2.45, 2.75) is 20.5 Å². The van der Waals surface area contributed by atoms with Crippen LogP contribution in [0.4, 0.5) is 4.39 Å². The minimum absolute atomic E-state index is 0.174. The summed E-state index contributed by atoms with van der Waals surface area (Å²) in [7, 11) is 1.77. The Bertz CT molecular complexity index is 698. The molecule has 1 heterocycles. The number of hydrogen-bond acceptors (Lipinski definition) is 4. The van der Waals surface area contributed by atoms with Gasteiger partial charge in [0.2, 0.25) is 0 Å². The molecule has 0 bridgehead atoms. The number of aromatic nitrogens is 2. The zero-order chi connectivity index (χ0) is 15.6. The molecule has 0 atom stereocenters. The maximum Gasteiger partial charge on any atom is 0.131 e. The van der Waals surface area contributed by atoms with E-state index in [1.807, 2.05) is 0 Å². The van der Waals surface area contributed by atoms with E-state index in [2.05, 4.69) is 10.3 Å². The maximum atomic E-state index is 13.3. The van der Waals surface area contributed by atoms with Crippen LogP contribution in [0.15, 0.2) is 23.4 Å². The SMILES string of the molecule is C/C(=N/O)c1cc(F)ccc1OCc1c(Cl)c(C)nn1C. The van der Waals surface area contributed by atoms with Gasteiger partial charge < -0.3 is 9.94 Å². The summed E-state index contributed by atoms with van der Waals surface area (Å²) in [5.41, 5.74) is 2.07. The summed E-state index contributed by atoms with van der Waals surface area (Å²) < 4.78 is 20.6. The van der Waals surface area contributed by atoms with E-state index in [0.717, 1.165) is 0 Å². The minimum atomic E-state index is -0.435. The highest BCUT2D eigenvalue weighted by molar-refractivity contribution is 6.31. The molecule has 112 valence electrons. The van der Waals surface area contributed by atoms with Crippen molar-refractivity contribution >= 4 is 17.3 Å². The topological polar surface area (TPSA) is 59.6 Å². The fraction of sp³-hybridized carbons (Fsp3) is 0.286. The van der Waals surface area contributed by atoms with Crippen molar-refractivity contribution in [2.75, 3.05) is 0 Å². The van der Waals surface area contributed by atoms with Crippen LogP contribution in [-0.4, -0.2) is 20.7 Å². The van der Waals surface area contributed by atoms with Gasteiger partial charge in [0.15, 0.2) is 0 Å². The van der Waals surface area contributed by atoms with Gasteiger partial charge in [-0.3, -0.25) is 4.68 Å². The first kappa shape index (κ1) is 15.3. The highest BCUT2D eigenvalue weighted by atomic mass is 35.5. The molecule has 5 nitrogen and oxygen atoms in total. The third kappa shape index (κ3) is 3.16. The van der Waals surface area contributed by atoms with E-state index in [4.69, 9.17) is 21.5 Å². The van der Waals surface area contributed by atoms with Crippen molar-refractivity contribution in [3.8, 4) is 5.75 Å². The molecule has 7 heteroatoms. The smallest absolute Gasteiger partial charge is 0.131 e. The lowest BCUT2D eigenvalue weighted by atomic mass is 10.1. The molecular formula is C14H15ClFN3O2. The Morgan fingerprint density at radius 3 is 2.81 bits per heavy atom. The van der Waals surface area contributed by atoms with Crippen LogP contribution >= 0.6 is 11.6 Å². The Labute approximate surface area is 126 Å². The lowest BCUT2D eigenvalue weighted by Crippen LogP contribution is -2.07. The number of aryl methyl sites for hydroxylation is 2. The zero-order valence-electron chi connectivity index (χ0n) is 11.9. The molecule has 0 fully saturated rings. The number of benzene rings is 1. The van der Waals surface area contributed by atoms with Gasteiger partial charge in [0.1, 0.15) is 18.2 Å². The molecule has 0 amide bonds. The summed E-state index contributed by atoms with van der Waals surface area (Å²) in [6, 6.07) is 4.01. The highest BCUT2D eigenvalue weighted by Crippen LogP contribution is 2.25. The predicted octanol–water partition coefficient (Wildman–Crippen LogP) is 3.30. The fourth-order valence-corrected chi connectivity index (χ4v) is 2.16. The average molecular weight is 312 g/mol. The van der Waals surface area contributed by atoms with Crippen LogP contribution in [0.5, 0.6) is 5.75 Å². The number of halogens is 2. The Balaban J connectivity index is 2.28. The van der Waals surface area contributed by atoms with E-state index in [1.54, 1.807) is 25.6 Å². The van der Waals surface area contributed by atoms with Crippen molar-refractivity contribution in [3.63, 3.8) is 0 Å². The van der Waals surface area contributed by atoms with Gasteiger partial charge in [-0.05, 0) is 32.0 Å². The van der Waals surface area contributed by atoms with Gasteiger partial charge in [0.25, 0.3) is 0 Å². The number of nitrogens with zero attached hydrogens (tertiary/aromatic N) is 3. The molecule has 0 radical (unpaired) electrons. The largest absolute Gasteiger partial charge is 0.487 e. The molecule has 0 spiro atoms. The summed E-state index contributed by atoms with van der Waals surface area (Å²) in [5, 5.41) is 16.7. The molecule has 0 aliphatic rings. The first-order valence-electron chi connectivity index (χ1n) is 6.23. The quantitative estimate of drug-likeness (QED) is 0.535. The minimum Gasteiger partial charge on any atom is -0.487 e. The van der Waals surface area contributed by atoms with Crippen LogP contribution in [0.25, 0.3) is 0 Å². The molecule has 2 rings (SSSR count). The summed E-state index contributed by atoms with van der Waals surface area (Å²) in [6.45, 7) is 3.54. The molecule has 21 heavy (non-hydrogen) atoms. The molecule has 0 unspecified atom stereocenters. The summed E-state index contributed by atoms with van der Waals surface area (Å²) in [6.07, 6.45) is 0. The Hall–Kier alpha value is -2.08. The molecule has 0 aliphatic heterocycles. The van der Waals surface area contributed by atoms with Gasteiger partial charge in [-0.15, -0.1) is 0 Å². The number of rotatable bonds is 4. The second-order valence-corrected chi connectivity index (χ2v) is 4.96. The standard InChI is InChI=1S/C14H15ClFN3O2/c1-8(18-20)11-6-10(16)4-5-13(11)21-7-12-14(15)9(2)17-19(12)3/h4-6,20H,7H2,1-3H3/b18-8-. The van der Waals surface area contributed by atoms with Gasteiger partial charge in [-0.2, -0.15) is 5.10 Å². The third-order valence-electron chi connectivity index (χ3n) is 3.11. The van der Waals surface area contributed by atoms with Gasteiger partial charge in [0.05, 0.1) is 22.1 Å². The van der Waals surface area contributed by atoms with Crippen LogP contribution in [0.1, 0.15) is 23.9 Å². The normalized spacial score (nSPS) is 11.8. The molecular weight excluding hydrogens is 297 g/mol. The molecule has 1 aromatic heterocycles. The van der Waals surface area contributed by atoms with E-state index < -0.39 is 5.82 Å². The zero-order valence-corrected chi connectivity index (χ0v) is 12.6. The molecule has 2 aromatic rings. The maximum absolute atomic E-state index is 13.3. The number of oxime groups is 1. The van der Waals surface area contributed by atoms with Gasteiger partial charge in [-0.25, -0.2) is 4.39 Å². The first-order chi connectivity index (χ1) is 9.93. The van der Waals surface area contributed by atoms with Crippen molar-refractivity contribution in [1.82, 2.24) is 9.78 Å². The first-order valence-corrected chi connectivity index (χ1v) is 6.61. The number of ether oxygens (including phenoxy) is 1. The van der Waals surface area contributed by atoms with E-state index >= 15 is 0 Å². The second-order valence-electron chi connectivity index (χ2n) is 4.58. The van der Waals surface area contributed by atoms with Crippen molar-refractivity contribution in [1.29, 1.82) is 0 Å². The molecule has 0 aliphatic carbocycles. The monoisotopic (exact) mass is 311 g/mol. The van der Waals surface area contributed by atoms with Gasteiger partial charge in [-0.1, -0.05) is 16.8 Å². The van der Waals surface area contributed by atoms with E-state index in [0.29, 0.717) is 27.7 Å². The van der Waals surface area contributed by atoms with Crippen LogP contribution in [0, 0.1) is 12.7 Å². The van der Waals surface area contributed by atoms with Crippen molar-refractivity contribution in [2.24, 2.45) is 12.2 Å². The Morgan fingerprint density at radius 1 is 1.52 bits per heavy atom. The van der Waals surface area contributed by atoms with E-state index in [1.165, 1.54) is 18.2 Å².